The monoisotopic (exact) mass is 216 g/mol. The molecule has 0 atom stereocenters. The zero-order valence-electron chi connectivity index (χ0n) is 5.57. The third-order valence-corrected chi connectivity index (χ3v) is 1.85. The van der Waals surface area contributed by atoms with Gasteiger partial charge in [0.1, 0.15) is 11.7 Å². The minimum Gasteiger partial charge on any atom is -0.384 e. The summed E-state index contributed by atoms with van der Waals surface area (Å²) in [5.74, 6) is -0.746. The largest absolute Gasteiger partial charge is 0.384 e. The third-order valence-electron chi connectivity index (χ3n) is 1.24. The molecule has 0 aliphatic carbocycles. The highest BCUT2D eigenvalue weighted by molar-refractivity contribution is 9.10. The highest BCUT2D eigenvalue weighted by Crippen LogP contribution is 2.17. The van der Waals surface area contributed by atoms with Gasteiger partial charge >= 0.3 is 0 Å². The van der Waals surface area contributed by atoms with Gasteiger partial charge in [0.25, 0.3) is 0 Å². The predicted octanol–water partition coefficient (Wildman–Crippen LogP) is 1.87. The van der Waals surface area contributed by atoms with Crippen molar-refractivity contribution in [3.05, 3.63) is 34.1 Å². The standard InChI is InChI=1S/C7H6BrFN2/c8-5-3-1-2-4(6(5)9)7(10)11/h1-3H,(H3,10,11). The van der Waals surface area contributed by atoms with Gasteiger partial charge < -0.3 is 5.73 Å². The molecule has 0 saturated carbocycles. The molecule has 0 unspecified atom stereocenters. The summed E-state index contributed by atoms with van der Waals surface area (Å²) < 4.78 is 13.3. The fraction of sp³-hybridized carbons (Fsp3) is 0. The Morgan fingerprint density at radius 1 is 1.55 bits per heavy atom. The van der Waals surface area contributed by atoms with Crippen LogP contribution in [-0.4, -0.2) is 5.84 Å². The van der Waals surface area contributed by atoms with Crippen molar-refractivity contribution in [3.63, 3.8) is 0 Å². The van der Waals surface area contributed by atoms with Crippen LogP contribution >= 0.6 is 15.9 Å². The Kier molecular flexibility index (Phi) is 2.24. The van der Waals surface area contributed by atoms with Crippen molar-refractivity contribution in [3.8, 4) is 0 Å². The summed E-state index contributed by atoms with van der Waals surface area (Å²) >= 11 is 2.99. The third kappa shape index (κ3) is 1.57. The first-order chi connectivity index (χ1) is 5.13. The molecule has 0 aliphatic heterocycles. The zero-order valence-corrected chi connectivity index (χ0v) is 7.15. The fourth-order valence-electron chi connectivity index (χ4n) is 0.712. The molecule has 1 aromatic carbocycles. The van der Waals surface area contributed by atoms with Gasteiger partial charge in [0.15, 0.2) is 0 Å². The molecule has 1 aromatic rings. The molecule has 0 aromatic heterocycles. The SMILES string of the molecule is N=C(N)c1cccc(Br)c1F. The van der Waals surface area contributed by atoms with E-state index in [0.717, 1.165) is 0 Å². The molecule has 0 amide bonds. The molecule has 11 heavy (non-hydrogen) atoms. The van der Waals surface area contributed by atoms with Crippen LogP contribution in [0.4, 0.5) is 4.39 Å². The van der Waals surface area contributed by atoms with Crippen molar-refractivity contribution in [1.29, 1.82) is 5.41 Å². The Morgan fingerprint density at radius 3 is 2.64 bits per heavy atom. The number of nitrogen functional groups attached to an aromatic ring is 1. The van der Waals surface area contributed by atoms with Gasteiger partial charge in [0, 0.05) is 0 Å². The maximum atomic E-state index is 13.0. The molecule has 2 nitrogen and oxygen atoms in total. The van der Waals surface area contributed by atoms with Crippen LogP contribution in [0.25, 0.3) is 0 Å². The second kappa shape index (κ2) is 3.00. The predicted molar refractivity (Wildman–Crippen MR) is 45.1 cm³/mol. The van der Waals surface area contributed by atoms with Crippen LogP contribution < -0.4 is 5.73 Å². The molecular weight excluding hydrogens is 211 g/mol. The molecule has 1 rings (SSSR count). The Labute approximate surface area is 71.9 Å². The summed E-state index contributed by atoms with van der Waals surface area (Å²) in [7, 11) is 0. The number of benzene rings is 1. The molecule has 4 heteroatoms. The topological polar surface area (TPSA) is 49.9 Å². The number of amidine groups is 1. The summed E-state index contributed by atoms with van der Waals surface area (Å²) in [6.07, 6.45) is 0. The number of nitrogens with one attached hydrogen (secondary N) is 1. The van der Waals surface area contributed by atoms with Crippen molar-refractivity contribution in [2.75, 3.05) is 0 Å². The van der Waals surface area contributed by atoms with E-state index in [1.54, 1.807) is 12.1 Å². The number of halogens is 2. The quantitative estimate of drug-likeness (QED) is 0.547. The highest BCUT2D eigenvalue weighted by atomic mass is 79.9. The van der Waals surface area contributed by atoms with Crippen LogP contribution in [0.1, 0.15) is 5.56 Å². The van der Waals surface area contributed by atoms with Gasteiger partial charge in [-0.25, -0.2) is 4.39 Å². The lowest BCUT2D eigenvalue weighted by Crippen LogP contribution is -2.13. The second-order valence-electron chi connectivity index (χ2n) is 2.02. The number of rotatable bonds is 1. The Bertz CT molecular complexity index is 298. The minimum absolute atomic E-state index is 0.124. The van der Waals surface area contributed by atoms with Crippen LogP contribution in [0, 0.1) is 11.2 Å². The summed E-state index contributed by atoms with van der Waals surface area (Å²) in [5.41, 5.74) is 5.23. The van der Waals surface area contributed by atoms with E-state index in [9.17, 15) is 4.39 Å². The molecule has 0 bridgehead atoms. The van der Waals surface area contributed by atoms with Crippen molar-refractivity contribution in [2.24, 2.45) is 5.73 Å². The number of hydrogen-bond donors (Lipinski definition) is 2. The van der Waals surface area contributed by atoms with Crippen molar-refractivity contribution in [2.45, 2.75) is 0 Å². The van der Waals surface area contributed by atoms with Crippen molar-refractivity contribution >= 4 is 21.8 Å². The summed E-state index contributed by atoms with van der Waals surface area (Å²) in [6, 6.07) is 4.65. The lowest BCUT2D eigenvalue weighted by molar-refractivity contribution is 0.618. The van der Waals surface area contributed by atoms with Gasteiger partial charge in [0.05, 0.1) is 10.0 Å². The van der Waals surface area contributed by atoms with E-state index in [-0.39, 0.29) is 11.4 Å². The number of nitrogens with two attached hydrogens (primary N) is 1. The van der Waals surface area contributed by atoms with Crippen molar-refractivity contribution in [1.82, 2.24) is 0 Å². The first-order valence-electron chi connectivity index (χ1n) is 2.91. The van der Waals surface area contributed by atoms with Crippen LogP contribution in [0.5, 0.6) is 0 Å². The maximum absolute atomic E-state index is 13.0. The van der Waals surface area contributed by atoms with Gasteiger partial charge in [-0.3, -0.25) is 5.41 Å². The Hall–Kier alpha value is -0.900. The van der Waals surface area contributed by atoms with Gasteiger partial charge in [-0.05, 0) is 28.1 Å². The molecule has 3 N–H and O–H groups in total. The molecule has 0 radical (unpaired) electrons. The molecule has 0 spiro atoms. The van der Waals surface area contributed by atoms with Gasteiger partial charge in [-0.15, -0.1) is 0 Å². The average molecular weight is 217 g/mol. The highest BCUT2D eigenvalue weighted by Gasteiger charge is 2.06. The van der Waals surface area contributed by atoms with E-state index >= 15 is 0 Å². The van der Waals surface area contributed by atoms with E-state index < -0.39 is 5.82 Å². The van der Waals surface area contributed by atoms with Crippen LogP contribution in [0.2, 0.25) is 0 Å². The normalized spacial score (nSPS) is 9.64. The lowest BCUT2D eigenvalue weighted by Gasteiger charge is -2.00. The molecule has 0 heterocycles. The zero-order chi connectivity index (χ0) is 8.43. The molecular formula is C7H6BrFN2. The van der Waals surface area contributed by atoms with Gasteiger partial charge in [-0.1, -0.05) is 6.07 Å². The van der Waals surface area contributed by atoms with Crippen molar-refractivity contribution < 1.29 is 4.39 Å². The smallest absolute Gasteiger partial charge is 0.148 e. The lowest BCUT2D eigenvalue weighted by atomic mass is 10.2. The summed E-state index contributed by atoms with van der Waals surface area (Å²) in [4.78, 5) is 0. The summed E-state index contributed by atoms with van der Waals surface area (Å²) in [5, 5.41) is 6.99. The van der Waals surface area contributed by atoms with E-state index in [0.29, 0.717) is 4.47 Å². The first-order valence-corrected chi connectivity index (χ1v) is 3.70. The molecule has 58 valence electrons. The average Bonchev–Trinajstić information content (AvgIpc) is 1.94. The molecule has 0 saturated heterocycles. The summed E-state index contributed by atoms with van der Waals surface area (Å²) in [6.45, 7) is 0. The Balaban J connectivity index is 3.27. The van der Waals surface area contributed by atoms with E-state index in [4.69, 9.17) is 11.1 Å². The Morgan fingerprint density at radius 2 is 2.18 bits per heavy atom. The van der Waals surface area contributed by atoms with Crippen LogP contribution in [0.3, 0.4) is 0 Å². The fourth-order valence-corrected chi connectivity index (χ4v) is 1.08. The minimum atomic E-state index is -0.486. The first kappa shape index (κ1) is 8.20. The van der Waals surface area contributed by atoms with E-state index in [2.05, 4.69) is 15.9 Å². The molecule has 0 fully saturated rings. The van der Waals surface area contributed by atoms with Gasteiger partial charge in [-0.2, -0.15) is 0 Å². The molecule has 0 aliphatic rings. The van der Waals surface area contributed by atoms with Crippen LogP contribution in [0.15, 0.2) is 22.7 Å². The second-order valence-corrected chi connectivity index (χ2v) is 2.87. The maximum Gasteiger partial charge on any atom is 0.148 e. The van der Waals surface area contributed by atoms with Gasteiger partial charge in [0.2, 0.25) is 0 Å². The number of hydrogen-bond acceptors (Lipinski definition) is 1. The van der Waals surface area contributed by atoms with E-state index in [1.807, 2.05) is 0 Å². The van der Waals surface area contributed by atoms with E-state index in [1.165, 1.54) is 6.07 Å². The van der Waals surface area contributed by atoms with Crippen LogP contribution in [-0.2, 0) is 0 Å².